The zero-order chi connectivity index (χ0) is 9.68. The number of nitrogens with zero attached hydrogens (tertiary/aromatic N) is 1. The zero-order valence-electron chi connectivity index (χ0n) is 7.79. The second-order valence-electron chi connectivity index (χ2n) is 2.76. The number of pyridine rings is 1. The third kappa shape index (κ3) is 2.59. The van der Waals surface area contributed by atoms with E-state index in [1.165, 1.54) is 0 Å². The number of hydrogen-bond donors (Lipinski definition) is 2. The van der Waals surface area contributed by atoms with E-state index in [9.17, 15) is 4.79 Å². The summed E-state index contributed by atoms with van der Waals surface area (Å²) < 4.78 is 1.65. The smallest absolute Gasteiger partial charge is 0.250 e. The Bertz CT molecular complexity index is 319. The number of rotatable bonds is 4. The van der Waals surface area contributed by atoms with Gasteiger partial charge in [0.2, 0.25) is 0 Å². The lowest BCUT2D eigenvalue weighted by molar-refractivity contribution is 0.727. The molecule has 1 heterocycles. The van der Waals surface area contributed by atoms with Crippen LogP contribution in [-0.4, -0.2) is 17.7 Å². The van der Waals surface area contributed by atoms with E-state index in [1.54, 1.807) is 22.9 Å². The first-order valence-electron chi connectivity index (χ1n) is 4.42. The molecule has 0 atom stereocenters. The monoisotopic (exact) mass is 181 g/mol. The standard InChI is InChI=1S/C9H15N3O/c1-2-12-7-8(11-6-5-10)3-4-9(12)13/h3-4,7,11H,2,5-6,10H2,1H3. The van der Waals surface area contributed by atoms with Crippen LogP contribution < -0.4 is 16.6 Å². The Kier molecular flexibility index (Phi) is 3.52. The predicted octanol–water partition coefficient (Wildman–Crippen LogP) is 0.239. The maximum atomic E-state index is 11.2. The van der Waals surface area contributed by atoms with Crippen LogP contribution in [0.5, 0.6) is 0 Å². The third-order valence-electron chi connectivity index (χ3n) is 1.80. The first kappa shape index (κ1) is 9.80. The molecule has 0 fully saturated rings. The average molecular weight is 181 g/mol. The average Bonchev–Trinajstić information content (AvgIpc) is 2.16. The van der Waals surface area contributed by atoms with Gasteiger partial charge in [-0.3, -0.25) is 4.79 Å². The van der Waals surface area contributed by atoms with Crippen LogP contribution >= 0.6 is 0 Å². The molecule has 0 spiro atoms. The second-order valence-corrected chi connectivity index (χ2v) is 2.76. The fourth-order valence-electron chi connectivity index (χ4n) is 1.10. The molecule has 0 amide bonds. The summed E-state index contributed by atoms with van der Waals surface area (Å²) in [5.41, 5.74) is 6.31. The van der Waals surface area contributed by atoms with E-state index < -0.39 is 0 Å². The predicted molar refractivity (Wildman–Crippen MR) is 53.9 cm³/mol. The molecule has 1 aromatic heterocycles. The molecule has 4 nitrogen and oxygen atoms in total. The van der Waals surface area contributed by atoms with Crippen molar-refractivity contribution >= 4 is 5.69 Å². The van der Waals surface area contributed by atoms with E-state index in [1.807, 2.05) is 6.92 Å². The molecule has 0 unspecified atom stereocenters. The van der Waals surface area contributed by atoms with Gasteiger partial charge in [-0.1, -0.05) is 0 Å². The van der Waals surface area contributed by atoms with E-state index in [0.717, 1.165) is 12.2 Å². The Morgan fingerprint density at radius 1 is 1.54 bits per heavy atom. The van der Waals surface area contributed by atoms with E-state index in [-0.39, 0.29) is 5.56 Å². The molecule has 1 rings (SSSR count). The zero-order valence-corrected chi connectivity index (χ0v) is 7.79. The topological polar surface area (TPSA) is 60.1 Å². The number of nitrogens with one attached hydrogen (secondary N) is 1. The van der Waals surface area contributed by atoms with Gasteiger partial charge in [-0.15, -0.1) is 0 Å². The van der Waals surface area contributed by atoms with E-state index in [4.69, 9.17) is 5.73 Å². The van der Waals surface area contributed by atoms with Crippen LogP contribution in [0.1, 0.15) is 6.92 Å². The third-order valence-corrected chi connectivity index (χ3v) is 1.80. The van der Waals surface area contributed by atoms with Crippen molar-refractivity contribution in [3.8, 4) is 0 Å². The Morgan fingerprint density at radius 2 is 2.31 bits per heavy atom. The van der Waals surface area contributed by atoms with Crippen molar-refractivity contribution in [1.29, 1.82) is 0 Å². The molecule has 0 aliphatic carbocycles. The van der Waals surface area contributed by atoms with Gasteiger partial charge in [-0.05, 0) is 13.0 Å². The summed E-state index contributed by atoms with van der Waals surface area (Å²) in [5, 5.41) is 3.11. The molecule has 1 aromatic rings. The maximum Gasteiger partial charge on any atom is 0.250 e. The lowest BCUT2D eigenvalue weighted by Crippen LogP contribution is -2.19. The largest absolute Gasteiger partial charge is 0.383 e. The highest BCUT2D eigenvalue weighted by atomic mass is 16.1. The number of hydrogen-bond acceptors (Lipinski definition) is 3. The van der Waals surface area contributed by atoms with Gasteiger partial charge in [0.05, 0.1) is 5.69 Å². The summed E-state index contributed by atoms with van der Waals surface area (Å²) in [5.74, 6) is 0. The Balaban J connectivity index is 2.80. The van der Waals surface area contributed by atoms with E-state index >= 15 is 0 Å². The van der Waals surface area contributed by atoms with Crippen molar-refractivity contribution in [3.05, 3.63) is 28.7 Å². The van der Waals surface area contributed by atoms with Crippen LogP contribution in [0.4, 0.5) is 5.69 Å². The normalized spacial score (nSPS) is 10.0. The van der Waals surface area contributed by atoms with Crippen molar-refractivity contribution < 1.29 is 0 Å². The molecule has 0 bridgehead atoms. The minimum atomic E-state index is 0.0285. The quantitative estimate of drug-likeness (QED) is 0.699. The van der Waals surface area contributed by atoms with Crippen molar-refractivity contribution in [2.45, 2.75) is 13.5 Å². The van der Waals surface area contributed by atoms with Crippen molar-refractivity contribution in [1.82, 2.24) is 4.57 Å². The van der Waals surface area contributed by atoms with Gasteiger partial charge >= 0.3 is 0 Å². The summed E-state index contributed by atoms with van der Waals surface area (Å²) in [4.78, 5) is 11.2. The summed E-state index contributed by atoms with van der Waals surface area (Å²) in [6.07, 6.45) is 1.80. The Hall–Kier alpha value is -1.29. The summed E-state index contributed by atoms with van der Waals surface area (Å²) in [6.45, 7) is 3.94. The molecule has 0 radical (unpaired) electrons. The number of aryl methyl sites for hydroxylation is 1. The van der Waals surface area contributed by atoms with Gasteiger partial charge in [-0.2, -0.15) is 0 Å². The van der Waals surface area contributed by atoms with Gasteiger partial charge < -0.3 is 15.6 Å². The molecule has 0 aliphatic rings. The van der Waals surface area contributed by atoms with E-state index in [0.29, 0.717) is 13.1 Å². The molecule has 0 aromatic carbocycles. The van der Waals surface area contributed by atoms with Crippen LogP contribution in [0.15, 0.2) is 23.1 Å². The first-order valence-corrected chi connectivity index (χ1v) is 4.42. The summed E-state index contributed by atoms with van der Waals surface area (Å²) in [6, 6.07) is 3.33. The molecule has 72 valence electrons. The van der Waals surface area contributed by atoms with Gasteiger partial charge in [0, 0.05) is 31.9 Å². The van der Waals surface area contributed by atoms with Crippen LogP contribution in [0.25, 0.3) is 0 Å². The minimum Gasteiger partial charge on any atom is -0.383 e. The number of nitrogens with two attached hydrogens (primary N) is 1. The highest BCUT2D eigenvalue weighted by Crippen LogP contribution is 2.01. The molecule has 0 saturated carbocycles. The molecule has 13 heavy (non-hydrogen) atoms. The van der Waals surface area contributed by atoms with Crippen molar-refractivity contribution in [2.75, 3.05) is 18.4 Å². The van der Waals surface area contributed by atoms with Crippen LogP contribution in [0, 0.1) is 0 Å². The van der Waals surface area contributed by atoms with Crippen molar-refractivity contribution in [2.24, 2.45) is 5.73 Å². The SMILES string of the molecule is CCn1cc(NCCN)ccc1=O. The van der Waals surface area contributed by atoms with Gasteiger partial charge in [0.1, 0.15) is 0 Å². The molecular weight excluding hydrogens is 166 g/mol. The highest BCUT2D eigenvalue weighted by Gasteiger charge is 1.94. The van der Waals surface area contributed by atoms with Gasteiger partial charge in [0.25, 0.3) is 5.56 Å². The van der Waals surface area contributed by atoms with Crippen LogP contribution in [-0.2, 0) is 6.54 Å². The summed E-state index contributed by atoms with van der Waals surface area (Å²) in [7, 11) is 0. The van der Waals surface area contributed by atoms with Crippen molar-refractivity contribution in [3.63, 3.8) is 0 Å². The fourth-order valence-corrected chi connectivity index (χ4v) is 1.10. The van der Waals surface area contributed by atoms with Crippen LogP contribution in [0.3, 0.4) is 0 Å². The molecular formula is C9H15N3O. The lowest BCUT2D eigenvalue weighted by Gasteiger charge is -2.07. The number of aromatic nitrogens is 1. The van der Waals surface area contributed by atoms with E-state index in [2.05, 4.69) is 5.32 Å². The van der Waals surface area contributed by atoms with Gasteiger partial charge in [-0.25, -0.2) is 0 Å². The second kappa shape index (κ2) is 4.67. The Morgan fingerprint density at radius 3 is 2.92 bits per heavy atom. The lowest BCUT2D eigenvalue weighted by atomic mass is 10.4. The first-order chi connectivity index (χ1) is 6.27. The van der Waals surface area contributed by atoms with Gasteiger partial charge in [0.15, 0.2) is 0 Å². The summed E-state index contributed by atoms with van der Waals surface area (Å²) >= 11 is 0. The Labute approximate surface area is 77.4 Å². The molecule has 3 N–H and O–H groups in total. The number of anilines is 1. The fraction of sp³-hybridized carbons (Fsp3) is 0.444. The maximum absolute atomic E-state index is 11.2. The molecule has 0 aliphatic heterocycles. The molecule has 0 saturated heterocycles. The highest BCUT2D eigenvalue weighted by molar-refractivity contribution is 5.40. The molecule has 4 heteroatoms. The van der Waals surface area contributed by atoms with Crippen LogP contribution in [0.2, 0.25) is 0 Å². The minimum absolute atomic E-state index is 0.0285.